The first-order valence-electron chi connectivity index (χ1n) is 6.53. The molecule has 5 heteroatoms. The van der Waals surface area contributed by atoms with Gasteiger partial charge in [-0.05, 0) is 23.6 Å². The first-order chi connectivity index (χ1) is 9.69. The summed E-state index contributed by atoms with van der Waals surface area (Å²) in [5, 5.41) is 16.3. The molecule has 1 aliphatic heterocycles. The van der Waals surface area contributed by atoms with Gasteiger partial charge in [-0.1, -0.05) is 31.2 Å². The highest BCUT2D eigenvalue weighted by atomic mass is 16.4. The van der Waals surface area contributed by atoms with E-state index in [9.17, 15) is 9.90 Å². The van der Waals surface area contributed by atoms with Crippen LogP contribution in [0.1, 0.15) is 24.1 Å². The lowest BCUT2D eigenvalue weighted by Crippen LogP contribution is -2.23. The number of carboxylic acid groups (broad SMARTS) is 1. The van der Waals surface area contributed by atoms with Crippen LogP contribution in [0.15, 0.2) is 48.3 Å². The van der Waals surface area contributed by atoms with Gasteiger partial charge in [0.15, 0.2) is 0 Å². The third-order valence-electron chi connectivity index (χ3n) is 3.48. The van der Waals surface area contributed by atoms with Gasteiger partial charge >= 0.3 is 5.97 Å². The summed E-state index contributed by atoms with van der Waals surface area (Å²) in [6.45, 7) is 2.10. The Kier molecular flexibility index (Phi) is 3.02. The van der Waals surface area contributed by atoms with Crippen molar-refractivity contribution in [2.45, 2.75) is 19.4 Å². The van der Waals surface area contributed by atoms with E-state index in [4.69, 9.17) is 0 Å². The molecule has 2 N–H and O–H groups in total. The summed E-state index contributed by atoms with van der Waals surface area (Å²) in [4.78, 5) is 11.2. The Hall–Kier alpha value is -2.56. The number of aryl methyl sites for hydroxylation is 1. The zero-order valence-corrected chi connectivity index (χ0v) is 11.1. The number of aliphatic carboxylic acids is 1. The fraction of sp³-hybridized carbons (Fsp3) is 0.200. The molecule has 0 saturated heterocycles. The average Bonchev–Trinajstić information content (AvgIpc) is 2.94. The van der Waals surface area contributed by atoms with Crippen molar-refractivity contribution >= 4 is 11.8 Å². The van der Waals surface area contributed by atoms with Crippen molar-refractivity contribution in [3.8, 4) is 0 Å². The minimum atomic E-state index is -0.965. The molecule has 2 heterocycles. The predicted octanol–water partition coefficient (Wildman–Crippen LogP) is 2.43. The number of nitrogens with zero attached hydrogens (tertiary/aromatic N) is 2. The van der Waals surface area contributed by atoms with Crippen molar-refractivity contribution in [1.29, 1.82) is 0 Å². The molecule has 5 nitrogen and oxygen atoms in total. The van der Waals surface area contributed by atoms with Crippen LogP contribution < -0.4 is 5.32 Å². The van der Waals surface area contributed by atoms with Gasteiger partial charge in [0.2, 0.25) is 0 Å². The number of hydrogen-bond acceptors (Lipinski definition) is 3. The lowest BCUT2D eigenvalue weighted by Gasteiger charge is -2.23. The molecule has 0 fully saturated rings. The molecular formula is C15H15N3O2. The summed E-state index contributed by atoms with van der Waals surface area (Å²) in [5.41, 5.74) is 2.46. The Morgan fingerprint density at radius 2 is 2.10 bits per heavy atom. The van der Waals surface area contributed by atoms with E-state index in [1.807, 2.05) is 12.1 Å². The van der Waals surface area contributed by atoms with E-state index in [1.54, 1.807) is 23.0 Å². The average molecular weight is 269 g/mol. The molecule has 1 aliphatic rings. The molecule has 0 radical (unpaired) electrons. The van der Waals surface area contributed by atoms with Crippen molar-refractivity contribution in [1.82, 2.24) is 9.78 Å². The normalized spacial score (nSPS) is 17.1. The van der Waals surface area contributed by atoms with Gasteiger partial charge in [-0.3, -0.25) is 0 Å². The fourth-order valence-corrected chi connectivity index (χ4v) is 2.36. The highest BCUT2D eigenvalue weighted by molar-refractivity contribution is 5.90. The lowest BCUT2D eigenvalue weighted by molar-refractivity contribution is -0.132. The summed E-state index contributed by atoms with van der Waals surface area (Å²) >= 11 is 0. The molecule has 1 aromatic heterocycles. The number of rotatable bonds is 3. The summed E-state index contributed by atoms with van der Waals surface area (Å²) in [5.74, 6) is -0.276. The molecule has 0 spiro atoms. The van der Waals surface area contributed by atoms with Crippen LogP contribution in [0.5, 0.6) is 0 Å². The Morgan fingerprint density at radius 1 is 1.35 bits per heavy atom. The molecule has 1 unspecified atom stereocenters. The maximum atomic E-state index is 11.2. The van der Waals surface area contributed by atoms with E-state index in [2.05, 4.69) is 29.5 Å². The van der Waals surface area contributed by atoms with E-state index in [-0.39, 0.29) is 11.7 Å². The van der Waals surface area contributed by atoms with Crippen LogP contribution >= 0.6 is 0 Å². The second-order valence-electron chi connectivity index (χ2n) is 4.71. The third kappa shape index (κ3) is 2.07. The van der Waals surface area contributed by atoms with Crippen LogP contribution in [-0.2, 0) is 11.2 Å². The maximum absolute atomic E-state index is 11.2. The van der Waals surface area contributed by atoms with E-state index < -0.39 is 5.97 Å². The highest BCUT2D eigenvalue weighted by Crippen LogP contribution is 2.29. The number of hydrogen-bond donors (Lipinski definition) is 2. The molecule has 102 valence electrons. The van der Waals surface area contributed by atoms with Crippen LogP contribution in [0.25, 0.3) is 0 Å². The summed E-state index contributed by atoms with van der Waals surface area (Å²) in [6.07, 6.45) is 4.33. The van der Waals surface area contributed by atoms with Gasteiger partial charge in [0.25, 0.3) is 0 Å². The zero-order chi connectivity index (χ0) is 14.1. The van der Waals surface area contributed by atoms with Gasteiger partial charge < -0.3 is 10.4 Å². The number of carboxylic acids is 1. The molecule has 1 atom stereocenters. The largest absolute Gasteiger partial charge is 0.477 e. The van der Waals surface area contributed by atoms with Crippen molar-refractivity contribution in [2.75, 3.05) is 5.32 Å². The zero-order valence-electron chi connectivity index (χ0n) is 11.1. The number of fused-ring (bicyclic) bond motifs is 1. The Labute approximate surface area is 116 Å². The van der Waals surface area contributed by atoms with Gasteiger partial charge in [-0.25, -0.2) is 9.48 Å². The molecular weight excluding hydrogens is 254 g/mol. The molecule has 3 rings (SSSR count). The predicted molar refractivity (Wildman–Crippen MR) is 75.5 cm³/mol. The summed E-state index contributed by atoms with van der Waals surface area (Å²) < 4.78 is 1.79. The molecule has 1 aromatic carbocycles. The van der Waals surface area contributed by atoms with Crippen LogP contribution in [0, 0.1) is 0 Å². The molecule has 20 heavy (non-hydrogen) atoms. The van der Waals surface area contributed by atoms with Gasteiger partial charge in [-0.15, -0.1) is 0 Å². The minimum Gasteiger partial charge on any atom is -0.477 e. The van der Waals surface area contributed by atoms with Crippen molar-refractivity contribution in [2.24, 2.45) is 0 Å². The van der Waals surface area contributed by atoms with Gasteiger partial charge in [0, 0.05) is 6.07 Å². The minimum absolute atomic E-state index is 0.183. The molecule has 0 aliphatic carbocycles. The van der Waals surface area contributed by atoms with Crippen LogP contribution in [0.3, 0.4) is 0 Å². The monoisotopic (exact) mass is 269 g/mol. The lowest BCUT2D eigenvalue weighted by atomic mass is 10.0. The SMILES string of the molecule is CCc1ccc(C2C=C(C(=O)O)Nc3ccnn32)cc1. The highest BCUT2D eigenvalue weighted by Gasteiger charge is 2.24. The summed E-state index contributed by atoms with van der Waals surface area (Å²) in [6, 6.07) is 9.75. The second kappa shape index (κ2) is 4.85. The number of carbonyl (C=O) groups is 1. The number of allylic oxidation sites excluding steroid dienone is 1. The maximum Gasteiger partial charge on any atom is 0.352 e. The Balaban J connectivity index is 2.04. The van der Waals surface area contributed by atoms with Crippen molar-refractivity contribution in [3.05, 3.63) is 59.4 Å². The van der Waals surface area contributed by atoms with Gasteiger partial charge in [0.1, 0.15) is 11.5 Å². The van der Waals surface area contributed by atoms with E-state index in [0.29, 0.717) is 5.82 Å². The first kappa shape index (κ1) is 12.5. The molecule has 0 saturated carbocycles. The number of aromatic nitrogens is 2. The van der Waals surface area contributed by atoms with E-state index in [1.165, 1.54) is 5.56 Å². The fourth-order valence-electron chi connectivity index (χ4n) is 2.36. The molecule has 0 bridgehead atoms. The Morgan fingerprint density at radius 3 is 2.75 bits per heavy atom. The standard InChI is InChI=1S/C15H15N3O2/c1-2-10-3-5-11(6-4-10)13-9-12(15(19)20)17-14-7-8-16-18(13)14/h3-9,13,17H,2H2,1H3,(H,19,20). The smallest absolute Gasteiger partial charge is 0.352 e. The van der Waals surface area contributed by atoms with Gasteiger partial charge in [-0.2, -0.15) is 5.10 Å². The topological polar surface area (TPSA) is 67.2 Å². The third-order valence-corrected chi connectivity index (χ3v) is 3.48. The van der Waals surface area contributed by atoms with Crippen LogP contribution in [0.2, 0.25) is 0 Å². The van der Waals surface area contributed by atoms with E-state index in [0.717, 1.165) is 12.0 Å². The molecule has 0 amide bonds. The quantitative estimate of drug-likeness (QED) is 0.898. The number of nitrogens with one attached hydrogen (secondary N) is 1. The molecule has 2 aromatic rings. The number of benzene rings is 1. The van der Waals surface area contributed by atoms with Crippen molar-refractivity contribution in [3.63, 3.8) is 0 Å². The number of anilines is 1. The first-order valence-corrected chi connectivity index (χ1v) is 6.53. The van der Waals surface area contributed by atoms with Crippen LogP contribution in [0.4, 0.5) is 5.82 Å². The van der Waals surface area contributed by atoms with Crippen molar-refractivity contribution < 1.29 is 9.90 Å². The second-order valence-corrected chi connectivity index (χ2v) is 4.71. The van der Waals surface area contributed by atoms with Gasteiger partial charge in [0.05, 0.1) is 12.2 Å². The Bertz CT molecular complexity index is 671. The van der Waals surface area contributed by atoms with E-state index >= 15 is 0 Å². The summed E-state index contributed by atoms with van der Waals surface area (Å²) in [7, 11) is 0. The van der Waals surface area contributed by atoms with Crippen LogP contribution in [-0.4, -0.2) is 20.9 Å².